The average molecular weight is 345 g/mol. The number of nitrogens with zero attached hydrogens (tertiary/aromatic N) is 2. The van der Waals surface area contributed by atoms with E-state index in [-0.39, 0.29) is 11.9 Å². The van der Waals surface area contributed by atoms with Gasteiger partial charge < -0.3 is 14.1 Å². The lowest BCUT2D eigenvalue weighted by atomic mass is 10.2. The predicted molar refractivity (Wildman–Crippen MR) is 75.4 cm³/mol. The summed E-state index contributed by atoms with van der Waals surface area (Å²) in [5, 5.41) is 0. The normalized spacial score (nSPS) is 16.2. The minimum Gasteiger partial charge on any atom is -0.469 e. The van der Waals surface area contributed by atoms with Gasteiger partial charge in [-0.05, 0) is 22.0 Å². The molecule has 1 aromatic rings. The fraction of sp³-hybridized carbons (Fsp3) is 0.538. The minimum atomic E-state index is -0.203. The molecule has 1 aliphatic rings. The van der Waals surface area contributed by atoms with Gasteiger partial charge in [-0.15, -0.1) is 0 Å². The number of hydrogen-bond acceptors (Lipinski definition) is 5. The molecule has 6 nitrogen and oxygen atoms in total. The summed E-state index contributed by atoms with van der Waals surface area (Å²) in [6.07, 6.45) is 1.88. The van der Waals surface area contributed by atoms with Crippen LogP contribution < -0.4 is 0 Å². The number of methoxy groups -OCH3 is 1. The number of amides is 1. The van der Waals surface area contributed by atoms with Crippen LogP contribution in [-0.2, 0) is 9.53 Å². The molecule has 0 N–H and O–H groups in total. The Hall–Kier alpha value is -1.34. The van der Waals surface area contributed by atoms with Crippen LogP contribution in [0.4, 0.5) is 0 Å². The lowest BCUT2D eigenvalue weighted by molar-refractivity contribution is -0.141. The topological polar surface area (TPSA) is 63.0 Å². The van der Waals surface area contributed by atoms with E-state index in [1.54, 1.807) is 11.0 Å². The summed E-state index contributed by atoms with van der Waals surface area (Å²) >= 11 is 3.22. The van der Waals surface area contributed by atoms with Gasteiger partial charge in [-0.2, -0.15) is 0 Å². The number of piperazine rings is 1. The number of ether oxygens (including phenoxy) is 1. The van der Waals surface area contributed by atoms with Crippen molar-refractivity contribution in [3.63, 3.8) is 0 Å². The highest BCUT2D eigenvalue weighted by Crippen LogP contribution is 2.20. The summed E-state index contributed by atoms with van der Waals surface area (Å²) in [4.78, 5) is 27.3. The van der Waals surface area contributed by atoms with Crippen molar-refractivity contribution in [2.45, 2.75) is 6.42 Å². The van der Waals surface area contributed by atoms with Gasteiger partial charge in [0.1, 0.15) is 0 Å². The van der Waals surface area contributed by atoms with Crippen molar-refractivity contribution in [1.82, 2.24) is 9.80 Å². The maximum absolute atomic E-state index is 12.2. The number of hydrogen-bond donors (Lipinski definition) is 0. The molecule has 20 heavy (non-hydrogen) atoms. The Labute approximate surface area is 125 Å². The summed E-state index contributed by atoms with van der Waals surface area (Å²) in [5.74, 6) is -0.232. The van der Waals surface area contributed by atoms with Crippen LogP contribution in [-0.4, -0.2) is 61.5 Å². The van der Waals surface area contributed by atoms with E-state index in [2.05, 4.69) is 25.6 Å². The van der Waals surface area contributed by atoms with Gasteiger partial charge >= 0.3 is 5.97 Å². The summed E-state index contributed by atoms with van der Waals surface area (Å²) in [5.41, 5.74) is 0.549. The maximum Gasteiger partial charge on any atom is 0.306 e. The maximum atomic E-state index is 12.2. The molecule has 0 aliphatic carbocycles. The Kier molecular flexibility index (Phi) is 5.19. The predicted octanol–water partition coefficient (Wildman–Crippen LogP) is 1.36. The summed E-state index contributed by atoms with van der Waals surface area (Å²) in [6.45, 7) is 3.50. The van der Waals surface area contributed by atoms with Gasteiger partial charge in [0.15, 0.2) is 4.67 Å². The van der Waals surface area contributed by atoms with E-state index >= 15 is 0 Å². The van der Waals surface area contributed by atoms with Gasteiger partial charge in [-0.25, -0.2) is 0 Å². The molecule has 0 unspecified atom stereocenters. The molecule has 1 fully saturated rings. The zero-order valence-electron chi connectivity index (χ0n) is 11.3. The molecule has 2 rings (SSSR count). The van der Waals surface area contributed by atoms with Gasteiger partial charge in [-0.1, -0.05) is 0 Å². The Morgan fingerprint density at radius 2 is 2.05 bits per heavy atom. The zero-order valence-corrected chi connectivity index (χ0v) is 12.9. The van der Waals surface area contributed by atoms with Crippen LogP contribution in [0.3, 0.4) is 0 Å². The second-order valence-electron chi connectivity index (χ2n) is 4.57. The average Bonchev–Trinajstić information content (AvgIpc) is 2.90. The number of carbonyl (C=O) groups is 2. The first kappa shape index (κ1) is 15.1. The third-order valence-electron chi connectivity index (χ3n) is 3.37. The third kappa shape index (κ3) is 3.61. The Morgan fingerprint density at radius 1 is 1.35 bits per heavy atom. The first-order chi connectivity index (χ1) is 9.61. The zero-order chi connectivity index (χ0) is 14.5. The molecule has 110 valence electrons. The molecule has 1 saturated heterocycles. The number of rotatable bonds is 4. The summed E-state index contributed by atoms with van der Waals surface area (Å²) < 4.78 is 10.2. The quantitative estimate of drug-likeness (QED) is 0.772. The van der Waals surface area contributed by atoms with E-state index in [1.165, 1.54) is 13.4 Å². The second-order valence-corrected chi connectivity index (χ2v) is 5.29. The molecular weight excluding hydrogens is 328 g/mol. The van der Waals surface area contributed by atoms with Crippen molar-refractivity contribution in [2.75, 3.05) is 39.8 Å². The first-order valence-corrected chi connectivity index (χ1v) is 7.22. The van der Waals surface area contributed by atoms with Crippen molar-refractivity contribution in [2.24, 2.45) is 0 Å². The van der Waals surface area contributed by atoms with Crippen molar-refractivity contribution >= 4 is 27.8 Å². The van der Waals surface area contributed by atoms with Crippen LogP contribution >= 0.6 is 15.9 Å². The van der Waals surface area contributed by atoms with Gasteiger partial charge in [0.05, 0.1) is 25.4 Å². The van der Waals surface area contributed by atoms with Crippen molar-refractivity contribution < 1.29 is 18.7 Å². The molecule has 1 aromatic heterocycles. The summed E-state index contributed by atoms with van der Waals surface area (Å²) in [6, 6.07) is 1.66. The van der Waals surface area contributed by atoms with E-state index in [4.69, 9.17) is 4.42 Å². The lowest BCUT2D eigenvalue weighted by Crippen LogP contribution is -2.49. The van der Waals surface area contributed by atoms with Crippen LogP contribution in [0.1, 0.15) is 16.8 Å². The molecule has 2 heterocycles. The van der Waals surface area contributed by atoms with E-state index in [9.17, 15) is 9.59 Å². The molecule has 0 bridgehead atoms. The molecule has 1 aliphatic heterocycles. The Bertz CT molecular complexity index is 480. The van der Waals surface area contributed by atoms with E-state index in [0.29, 0.717) is 36.3 Å². The molecule has 0 atom stereocenters. The standard InChI is InChI=1S/C13H17BrN2O4/c1-19-11(17)2-4-15-5-7-16(8-6-15)13(18)10-3-9-20-12(10)14/h3,9H,2,4-8H2,1H3. The van der Waals surface area contributed by atoms with Crippen LogP contribution in [0.5, 0.6) is 0 Å². The lowest BCUT2D eigenvalue weighted by Gasteiger charge is -2.34. The van der Waals surface area contributed by atoms with Gasteiger partial charge in [0.2, 0.25) is 0 Å². The van der Waals surface area contributed by atoms with Crippen molar-refractivity contribution in [1.29, 1.82) is 0 Å². The third-order valence-corrected chi connectivity index (χ3v) is 3.98. The van der Waals surface area contributed by atoms with Crippen LogP contribution in [0, 0.1) is 0 Å². The molecule has 0 spiro atoms. The number of furan rings is 1. The highest BCUT2D eigenvalue weighted by atomic mass is 79.9. The van der Waals surface area contributed by atoms with Gasteiger partial charge in [-0.3, -0.25) is 14.5 Å². The van der Waals surface area contributed by atoms with Crippen molar-refractivity contribution in [3.05, 3.63) is 22.6 Å². The van der Waals surface area contributed by atoms with E-state index in [0.717, 1.165) is 13.1 Å². The first-order valence-electron chi connectivity index (χ1n) is 6.43. The number of halogens is 1. The fourth-order valence-electron chi connectivity index (χ4n) is 2.14. The summed E-state index contributed by atoms with van der Waals surface area (Å²) in [7, 11) is 1.39. The second kappa shape index (κ2) is 6.90. The van der Waals surface area contributed by atoms with Gasteiger partial charge in [0.25, 0.3) is 5.91 Å². The van der Waals surface area contributed by atoms with E-state index in [1.807, 2.05) is 0 Å². The molecular formula is C13H17BrN2O4. The van der Waals surface area contributed by atoms with Crippen LogP contribution in [0.2, 0.25) is 0 Å². The molecule has 7 heteroatoms. The number of carbonyl (C=O) groups excluding carboxylic acids is 2. The van der Waals surface area contributed by atoms with Gasteiger partial charge in [0, 0.05) is 32.7 Å². The Balaban J connectivity index is 1.81. The highest BCUT2D eigenvalue weighted by molar-refractivity contribution is 9.10. The van der Waals surface area contributed by atoms with Crippen LogP contribution in [0.25, 0.3) is 0 Å². The van der Waals surface area contributed by atoms with Crippen LogP contribution in [0.15, 0.2) is 21.4 Å². The molecule has 0 aromatic carbocycles. The molecule has 1 amide bonds. The number of esters is 1. The highest BCUT2D eigenvalue weighted by Gasteiger charge is 2.24. The molecule has 0 saturated carbocycles. The minimum absolute atomic E-state index is 0.0294. The van der Waals surface area contributed by atoms with E-state index < -0.39 is 0 Å². The largest absolute Gasteiger partial charge is 0.469 e. The monoisotopic (exact) mass is 344 g/mol. The van der Waals surface area contributed by atoms with Crippen molar-refractivity contribution in [3.8, 4) is 0 Å². The Morgan fingerprint density at radius 3 is 2.60 bits per heavy atom. The smallest absolute Gasteiger partial charge is 0.306 e. The molecule has 0 radical (unpaired) electrons. The SMILES string of the molecule is COC(=O)CCN1CCN(C(=O)c2ccoc2Br)CC1. The fourth-order valence-corrected chi connectivity index (χ4v) is 2.55.